The molecule has 3 aliphatic rings. The van der Waals surface area contributed by atoms with Crippen LogP contribution in [-0.2, 0) is 0 Å². The highest BCUT2D eigenvalue weighted by Gasteiger charge is 2.29. The van der Waals surface area contributed by atoms with E-state index >= 15 is 0 Å². The summed E-state index contributed by atoms with van der Waals surface area (Å²) in [6, 6.07) is 0. The Morgan fingerprint density at radius 3 is 2.06 bits per heavy atom. The second-order valence-electron chi connectivity index (χ2n) is 7.03. The van der Waals surface area contributed by atoms with Crippen molar-refractivity contribution >= 4 is 0 Å². The first-order valence-corrected chi connectivity index (χ1v) is 8.62. The molecule has 0 aromatic rings. The molecule has 0 aliphatic heterocycles. The number of hydrogen-bond donors (Lipinski definition) is 0. The van der Waals surface area contributed by atoms with Crippen molar-refractivity contribution in [1.29, 1.82) is 0 Å². The van der Waals surface area contributed by atoms with Gasteiger partial charge in [-0.1, -0.05) is 43.8 Å². The zero-order chi connectivity index (χ0) is 12.2. The molecule has 0 bridgehead atoms. The Bertz CT molecular complexity index is 274. The number of allylic oxidation sites excluding steroid dienone is 2. The molecule has 0 saturated heterocycles. The Morgan fingerprint density at radius 2 is 1.39 bits per heavy atom. The molecule has 0 amide bonds. The van der Waals surface area contributed by atoms with Crippen molar-refractivity contribution in [3.05, 3.63) is 11.6 Å². The molecule has 3 rings (SSSR count). The topological polar surface area (TPSA) is 0 Å². The minimum absolute atomic E-state index is 0.991. The van der Waals surface area contributed by atoms with Gasteiger partial charge in [0.2, 0.25) is 0 Å². The van der Waals surface area contributed by atoms with Gasteiger partial charge < -0.3 is 0 Å². The molecule has 2 saturated carbocycles. The highest BCUT2D eigenvalue weighted by atomic mass is 14.3. The number of hydrogen-bond acceptors (Lipinski definition) is 0. The van der Waals surface area contributed by atoms with Crippen LogP contribution in [0.25, 0.3) is 0 Å². The van der Waals surface area contributed by atoms with Crippen LogP contribution in [0.15, 0.2) is 11.6 Å². The van der Waals surface area contributed by atoms with Gasteiger partial charge in [-0.15, -0.1) is 0 Å². The quantitative estimate of drug-likeness (QED) is 0.534. The molecular weight excluding hydrogens is 216 g/mol. The van der Waals surface area contributed by atoms with Crippen molar-refractivity contribution in [1.82, 2.24) is 0 Å². The van der Waals surface area contributed by atoms with Crippen LogP contribution >= 0.6 is 0 Å². The first-order valence-electron chi connectivity index (χ1n) is 8.62. The van der Waals surface area contributed by atoms with E-state index in [1.54, 1.807) is 25.7 Å². The van der Waals surface area contributed by atoms with Gasteiger partial charge in [0.15, 0.2) is 0 Å². The Hall–Kier alpha value is -0.260. The number of rotatable bonds is 2. The zero-order valence-corrected chi connectivity index (χ0v) is 12.0. The van der Waals surface area contributed by atoms with E-state index in [2.05, 4.69) is 6.08 Å². The van der Waals surface area contributed by atoms with Crippen molar-refractivity contribution in [3.8, 4) is 0 Å². The van der Waals surface area contributed by atoms with Gasteiger partial charge >= 0.3 is 0 Å². The fourth-order valence-corrected chi connectivity index (χ4v) is 4.80. The van der Waals surface area contributed by atoms with Crippen LogP contribution in [0.3, 0.4) is 0 Å². The summed E-state index contributed by atoms with van der Waals surface area (Å²) < 4.78 is 0. The van der Waals surface area contributed by atoms with Gasteiger partial charge in [0.05, 0.1) is 0 Å². The molecule has 0 N–H and O–H groups in total. The van der Waals surface area contributed by atoms with E-state index in [1.165, 1.54) is 57.8 Å². The van der Waals surface area contributed by atoms with Crippen LogP contribution < -0.4 is 0 Å². The van der Waals surface area contributed by atoms with E-state index in [9.17, 15) is 0 Å². The van der Waals surface area contributed by atoms with Crippen molar-refractivity contribution < 1.29 is 0 Å². The lowest BCUT2D eigenvalue weighted by atomic mass is 9.69. The third kappa shape index (κ3) is 3.00. The van der Waals surface area contributed by atoms with E-state index < -0.39 is 0 Å². The molecule has 0 aromatic carbocycles. The van der Waals surface area contributed by atoms with Gasteiger partial charge in [0.1, 0.15) is 0 Å². The van der Waals surface area contributed by atoms with Crippen molar-refractivity contribution in [3.63, 3.8) is 0 Å². The van der Waals surface area contributed by atoms with Crippen LogP contribution in [0, 0.1) is 17.8 Å². The van der Waals surface area contributed by atoms with Crippen LogP contribution in [0.4, 0.5) is 0 Å². The van der Waals surface area contributed by atoms with Gasteiger partial charge in [0.25, 0.3) is 0 Å². The first kappa shape index (κ1) is 12.8. The van der Waals surface area contributed by atoms with Gasteiger partial charge in [-0.05, 0) is 69.1 Å². The van der Waals surface area contributed by atoms with Crippen molar-refractivity contribution in [2.24, 2.45) is 17.8 Å². The fourth-order valence-electron chi connectivity index (χ4n) is 4.80. The smallest absolute Gasteiger partial charge is 0.0203 e. The monoisotopic (exact) mass is 246 g/mol. The Balaban J connectivity index is 1.49. The molecule has 0 heteroatoms. The normalized spacial score (nSPS) is 35.2. The molecule has 0 radical (unpaired) electrons. The summed E-state index contributed by atoms with van der Waals surface area (Å²) in [6.45, 7) is 0. The Labute approximate surface area is 113 Å². The van der Waals surface area contributed by atoms with Gasteiger partial charge in [-0.25, -0.2) is 0 Å². The third-order valence-electron chi connectivity index (χ3n) is 5.94. The van der Waals surface area contributed by atoms with Gasteiger partial charge in [-0.3, -0.25) is 0 Å². The summed E-state index contributed by atoms with van der Waals surface area (Å²) in [4.78, 5) is 0. The summed E-state index contributed by atoms with van der Waals surface area (Å²) in [6.07, 6.45) is 22.1. The summed E-state index contributed by atoms with van der Waals surface area (Å²) >= 11 is 0. The average molecular weight is 246 g/mol. The summed E-state index contributed by atoms with van der Waals surface area (Å²) in [5.41, 5.74) is 1.85. The van der Waals surface area contributed by atoms with Crippen LogP contribution in [0.5, 0.6) is 0 Å². The average Bonchev–Trinajstić information content (AvgIpc) is 2.49. The lowest BCUT2D eigenvalue weighted by molar-refractivity contribution is 0.175. The summed E-state index contributed by atoms with van der Waals surface area (Å²) in [7, 11) is 0. The van der Waals surface area contributed by atoms with Crippen LogP contribution in [0.1, 0.15) is 83.5 Å². The lowest BCUT2D eigenvalue weighted by Gasteiger charge is -2.37. The Morgan fingerprint density at radius 1 is 0.667 bits per heavy atom. The molecular formula is C18H30. The Kier molecular flexibility index (Phi) is 4.44. The van der Waals surface area contributed by atoms with Crippen LogP contribution in [-0.4, -0.2) is 0 Å². The molecule has 2 fully saturated rings. The lowest BCUT2D eigenvalue weighted by Crippen LogP contribution is -2.24. The molecule has 0 atom stereocenters. The van der Waals surface area contributed by atoms with E-state index in [1.807, 2.05) is 5.57 Å². The fraction of sp³-hybridized carbons (Fsp3) is 0.889. The second kappa shape index (κ2) is 6.26. The minimum atomic E-state index is 0.991. The predicted octanol–water partition coefficient (Wildman–Crippen LogP) is 5.87. The highest BCUT2D eigenvalue weighted by molar-refractivity contribution is 5.10. The van der Waals surface area contributed by atoms with Gasteiger partial charge in [-0.2, -0.15) is 0 Å². The molecule has 0 heterocycles. The molecule has 18 heavy (non-hydrogen) atoms. The maximum atomic E-state index is 2.59. The van der Waals surface area contributed by atoms with E-state index in [4.69, 9.17) is 0 Å². The summed E-state index contributed by atoms with van der Waals surface area (Å²) in [5, 5.41) is 0. The molecule has 0 spiro atoms. The van der Waals surface area contributed by atoms with Crippen LogP contribution in [0.2, 0.25) is 0 Å². The second-order valence-corrected chi connectivity index (χ2v) is 7.03. The zero-order valence-electron chi connectivity index (χ0n) is 12.0. The summed E-state index contributed by atoms with van der Waals surface area (Å²) in [5.74, 6) is 3.20. The molecule has 3 aliphatic carbocycles. The maximum Gasteiger partial charge on any atom is -0.0203 e. The SMILES string of the molecule is C1=C(C2CCC(C3CCCCC3)CC2)CCCC1. The molecule has 0 aromatic heterocycles. The predicted molar refractivity (Wildman–Crippen MR) is 78.6 cm³/mol. The molecule has 102 valence electrons. The third-order valence-corrected chi connectivity index (χ3v) is 5.94. The first-order chi connectivity index (χ1) is 8.93. The molecule has 0 nitrogen and oxygen atoms in total. The minimum Gasteiger partial charge on any atom is -0.0851 e. The maximum absolute atomic E-state index is 2.59. The van der Waals surface area contributed by atoms with Crippen molar-refractivity contribution in [2.45, 2.75) is 83.5 Å². The standard InChI is InChI=1S/C18H30/c1-3-7-15(8-4-1)17-11-13-18(14-12-17)16-9-5-2-6-10-16/h7,16-18H,1-6,8-14H2. The highest BCUT2D eigenvalue weighted by Crippen LogP contribution is 2.43. The van der Waals surface area contributed by atoms with Gasteiger partial charge in [0, 0.05) is 0 Å². The van der Waals surface area contributed by atoms with Crippen molar-refractivity contribution in [2.75, 3.05) is 0 Å². The van der Waals surface area contributed by atoms with E-state index in [0.717, 1.165) is 17.8 Å². The van der Waals surface area contributed by atoms with E-state index in [0.29, 0.717) is 0 Å². The molecule has 0 unspecified atom stereocenters. The largest absolute Gasteiger partial charge is 0.0851 e. The van der Waals surface area contributed by atoms with E-state index in [-0.39, 0.29) is 0 Å².